The van der Waals surface area contributed by atoms with Crippen LogP contribution < -0.4 is 0 Å². The van der Waals surface area contributed by atoms with Gasteiger partial charge >= 0.3 is 5.97 Å². The summed E-state index contributed by atoms with van der Waals surface area (Å²) < 4.78 is 0. The van der Waals surface area contributed by atoms with Gasteiger partial charge in [-0.05, 0) is 33.1 Å². The minimum Gasteiger partial charge on any atom is -0.479 e. The van der Waals surface area contributed by atoms with Crippen molar-refractivity contribution >= 4 is 5.97 Å². The Morgan fingerprint density at radius 3 is 2.24 bits per heavy atom. The van der Waals surface area contributed by atoms with Gasteiger partial charge in [0.05, 0.1) is 5.60 Å². The fourth-order valence-electron chi connectivity index (χ4n) is 1.55. The highest BCUT2D eigenvalue weighted by Gasteiger charge is 2.30. The molecule has 0 aliphatic heterocycles. The average molecular weight is 246 g/mol. The van der Waals surface area contributed by atoms with Gasteiger partial charge in [0.2, 0.25) is 0 Å². The van der Waals surface area contributed by atoms with Gasteiger partial charge in [-0.2, -0.15) is 0 Å². The molecule has 102 valence electrons. The van der Waals surface area contributed by atoms with E-state index in [0.717, 1.165) is 25.7 Å². The number of hydrogen-bond donors (Lipinski definition) is 1. The van der Waals surface area contributed by atoms with Crippen molar-refractivity contribution < 1.29 is 19.7 Å². The molecule has 0 heterocycles. The van der Waals surface area contributed by atoms with Gasteiger partial charge in [0.15, 0.2) is 6.10 Å². The summed E-state index contributed by atoms with van der Waals surface area (Å²) in [5.74, 6) is -0.938. The van der Waals surface area contributed by atoms with Crippen molar-refractivity contribution in [2.24, 2.45) is 5.92 Å². The first-order chi connectivity index (χ1) is 7.81. The molecule has 1 N–H and O–H groups in total. The number of carbonyl (C=O) groups is 1. The van der Waals surface area contributed by atoms with Crippen LogP contribution in [0.15, 0.2) is 0 Å². The van der Waals surface area contributed by atoms with Gasteiger partial charge in [0, 0.05) is 0 Å². The van der Waals surface area contributed by atoms with Gasteiger partial charge in [-0.1, -0.05) is 33.1 Å². The topological polar surface area (TPSA) is 55.8 Å². The zero-order valence-electron chi connectivity index (χ0n) is 11.7. The summed E-state index contributed by atoms with van der Waals surface area (Å²) in [5, 5.41) is 9.17. The van der Waals surface area contributed by atoms with E-state index in [4.69, 9.17) is 14.9 Å². The van der Waals surface area contributed by atoms with Crippen LogP contribution in [0.5, 0.6) is 0 Å². The number of rotatable bonds is 8. The second-order valence-electron chi connectivity index (χ2n) is 5.36. The highest BCUT2D eigenvalue weighted by Crippen LogP contribution is 2.22. The smallest absolute Gasteiger partial charge is 0.336 e. The summed E-state index contributed by atoms with van der Waals surface area (Å²) in [7, 11) is 0. The van der Waals surface area contributed by atoms with Crippen molar-refractivity contribution in [2.45, 2.75) is 72.0 Å². The summed E-state index contributed by atoms with van der Waals surface area (Å²) in [4.78, 5) is 21.4. The normalized spacial score (nSPS) is 15.6. The lowest BCUT2D eigenvalue weighted by Crippen LogP contribution is -2.35. The van der Waals surface area contributed by atoms with E-state index in [1.165, 1.54) is 0 Å². The maximum absolute atomic E-state index is 11.2. The first-order valence-electron chi connectivity index (χ1n) is 6.39. The molecule has 0 aliphatic rings. The standard InChI is InChI=1S/C13H26O4/c1-6-8-9-10(7-2)11(12(14)15)16-17-13(3,4)5/h10-11H,6-9H2,1-5H3,(H,14,15). The Labute approximate surface area is 104 Å². The van der Waals surface area contributed by atoms with E-state index in [9.17, 15) is 4.79 Å². The molecule has 0 aromatic rings. The highest BCUT2D eigenvalue weighted by atomic mass is 17.2. The molecule has 0 spiro atoms. The third-order valence-corrected chi connectivity index (χ3v) is 2.53. The van der Waals surface area contributed by atoms with Crippen LogP contribution >= 0.6 is 0 Å². The van der Waals surface area contributed by atoms with Crippen LogP contribution in [0.3, 0.4) is 0 Å². The number of unbranched alkanes of at least 4 members (excludes halogenated alkanes) is 1. The first kappa shape index (κ1) is 16.4. The van der Waals surface area contributed by atoms with Gasteiger partial charge < -0.3 is 5.11 Å². The maximum Gasteiger partial charge on any atom is 0.336 e. The lowest BCUT2D eigenvalue weighted by Gasteiger charge is -2.25. The lowest BCUT2D eigenvalue weighted by atomic mass is 9.93. The molecule has 4 nitrogen and oxygen atoms in total. The van der Waals surface area contributed by atoms with Gasteiger partial charge in [0.1, 0.15) is 0 Å². The molecule has 17 heavy (non-hydrogen) atoms. The predicted molar refractivity (Wildman–Crippen MR) is 66.7 cm³/mol. The summed E-state index contributed by atoms with van der Waals surface area (Å²) in [5.41, 5.74) is -0.489. The Morgan fingerprint density at radius 2 is 1.88 bits per heavy atom. The van der Waals surface area contributed by atoms with E-state index in [2.05, 4.69) is 6.92 Å². The molecule has 0 aromatic heterocycles. The van der Waals surface area contributed by atoms with Crippen LogP contribution in [0.1, 0.15) is 60.3 Å². The van der Waals surface area contributed by atoms with Gasteiger partial charge in [-0.15, -0.1) is 0 Å². The third kappa shape index (κ3) is 7.34. The van der Waals surface area contributed by atoms with Crippen molar-refractivity contribution in [2.75, 3.05) is 0 Å². The fraction of sp³-hybridized carbons (Fsp3) is 0.923. The summed E-state index contributed by atoms with van der Waals surface area (Å²) in [6.45, 7) is 9.57. The quantitative estimate of drug-likeness (QED) is 0.527. The molecular weight excluding hydrogens is 220 g/mol. The molecule has 4 heteroatoms. The minimum atomic E-state index is -0.947. The molecule has 0 aliphatic carbocycles. The summed E-state index contributed by atoms with van der Waals surface area (Å²) >= 11 is 0. The Morgan fingerprint density at radius 1 is 1.29 bits per heavy atom. The molecule has 0 aromatic carbocycles. The fourth-order valence-corrected chi connectivity index (χ4v) is 1.55. The molecule has 0 radical (unpaired) electrons. The van der Waals surface area contributed by atoms with Gasteiger partial charge in [-0.3, -0.25) is 0 Å². The monoisotopic (exact) mass is 246 g/mol. The average Bonchev–Trinajstić information content (AvgIpc) is 2.20. The van der Waals surface area contributed by atoms with Crippen LogP contribution in [0.25, 0.3) is 0 Å². The van der Waals surface area contributed by atoms with Crippen LogP contribution in [-0.2, 0) is 14.6 Å². The van der Waals surface area contributed by atoms with Crippen LogP contribution in [0.2, 0.25) is 0 Å². The van der Waals surface area contributed by atoms with Gasteiger partial charge in [0.25, 0.3) is 0 Å². The molecular formula is C13H26O4. The zero-order chi connectivity index (χ0) is 13.5. The van der Waals surface area contributed by atoms with Crippen LogP contribution in [0, 0.1) is 5.92 Å². The number of hydrogen-bond acceptors (Lipinski definition) is 3. The van der Waals surface area contributed by atoms with E-state index in [0.29, 0.717) is 0 Å². The molecule has 0 fully saturated rings. The van der Waals surface area contributed by atoms with Crippen molar-refractivity contribution in [3.63, 3.8) is 0 Å². The molecule has 0 rings (SSSR count). The van der Waals surface area contributed by atoms with Crippen LogP contribution in [-0.4, -0.2) is 22.8 Å². The Balaban J connectivity index is 4.42. The zero-order valence-corrected chi connectivity index (χ0v) is 11.7. The Hall–Kier alpha value is -0.610. The molecule has 0 amide bonds. The second kappa shape index (κ2) is 7.67. The number of carboxylic acids is 1. The van der Waals surface area contributed by atoms with Gasteiger partial charge in [-0.25, -0.2) is 14.6 Å². The van der Waals surface area contributed by atoms with Crippen molar-refractivity contribution in [1.82, 2.24) is 0 Å². The summed E-state index contributed by atoms with van der Waals surface area (Å²) in [6.07, 6.45) is 2.84. The highest BCUT2D eigenvalue weighted by molar-refractivity contribution is 5.72. The molecule has 0 bridgehead atoms. The maximum atomic E-state index is 11.2. The van der Waals surface area contributed by atoms with E-state index >= 15 is 0 Å². The number of carboxylic acid groups (broad SMARTS) is 1. The molecule has 0 saturated carbocycles. The minimum absolute atomic E-state index is 0.00907. The predicted octanol–water partition coefficient (Wildman–Crippen LogP) is 3.40. The molecule has 2 atom stereocenters. The third-order valence-electron chi connectivity index (χ3n) is 2.53. The van der Waals surface area contributed by atoms with E-state index in [1.807, 2.05) is 27.7 Å². The summed E-state index contributed by atoms with van der Waals surface area (Å²) in [6, 6.07) is 0. The molecule has 0 saturated heterocycles. The first-order valence-corrected chi connectivity index (χ1v) is 6.39. The van der Waals surface area contributed by atoms with E-state index in [1.54, 1.807) is 0 Å². The van der Waals surface area contributed by atoms with Crippen molar-refractivity contribution in [1.29, 1.82) is 0 Å². The Bertz CT molecular complexity index is 220. The van der Waals surface area contributed by atoms with Crippen LogP contribution in [0.4, 0.5) is 0 Å². The van der Waals surface area contributed by atoms with Crippen molar-refractivity contribution in [3.8, 4) is 0 Å². The van der Waals surface area contributed by atoms with Crippen molar-refractivity contribution in [3.05, 3.63) is 0 Å². The lowest BCUT2D eigenvalue weighted by molar-refractivity contribution is -0.374. The number of aliphatic carboxylic acids is 1. The van der Waals surface area contributed by atoms with E-state index < -0.39 is 17.7 Å². The molecule has 2 unspecified atom stereocenters. The largest absolute Gasteiger partial charge is 0.479 e. The SMILES string of the molecule is CCCCC(CC)C(OOC(C)(C)C)C(=O)O. The second-order valence-corrected chi connectivity index (χ2v) is 5.36. The Kier molecular flexibility index (Phi) is 7.39. The van der Waals surface area contributed by atoms with E-state index in [-0.39, 0.29) is 5.92 Å².